The predicted octanol–water partition coefficient (Wildman–Crippen LogP) is 3.17. The van der Waals surface area contributed by atoms with Crippen molar-refractivity contribution < 1.29 is 8.91 Å². The van der Waals surface area contributed by atoms with E-state index >= 15 is 0 Å². The standard InChI is InChI=1S/C14H16FN3OS/c1-9-6-7-16-13(9)14-17-12(18-19-14)8-20-11-5-3-2-4-10(11)15/h2-5,9,13,16H,6-8H2,1H3. The summed E-state index contributed by atoms with van der Waals surface area (Å²) in [4.78, 5) is 5.01. The van der Waals surface area contributed by atoms with Crippen LogP contribution in [-0.2, 0) is 5.75 Å². The lowest BCUT2D eigenvalue weighted by atomic mass is 10.0. The number of benzene rings is 1. The zero-order valence-corrected chi connectivity index (χ0v) is 12.0. The van der Waals surface area contributed by atoms with Crippen molar-refractivity contribution in [2.45, 2.75) is 30.0 Å². The average molecular weight is 293 g/mol. The molecule has 3 rings (SSSR count). The minimum absolute atomic E-state index is 0.148. The molecular weight excluding hydrogens is 277 g/mol. The Morgan fingerprint density at radius 3 is 3.05 bits per heavy atom. The van der Waals surface area contributed by atoms with Crippen LogP contribution in [0.1, 0.15) is 31.1 Å². The van der Waals surface area contributed by atoms with E-state index < -0.39 is 0 Å². The van der Waals surface area contributed by atoms with Gasteiger partial charge in [-0.3, -0.25) is 0 Å². The molecule has 20 heavy (non-hydrogen) atoms. The normalized spacial score (nSPS) is 22.3. The Labute approximate surface area is 121 Å². The molecule has 0 amide bonds. The first-order valence-corrected chi connectivity index (χ1v) is 7.66. The molecule has 1 aliphatic heterocycles. The molecule has 1 N–H and O–H groups in total. The van der Waals surface area contributed by atoms with E-state index in [9.17, 15) is 4.39 Å². The summed E-state index contributed by atoms with van der Waals surface area (Å²) >= 11 is 1.38. The first-order chi connectivity index (χ1) is 9.74. The predicted molar refractivity (Wildman–Crippen MR) is 74.8 cm³/mol. The van der Waals surface area contributed by atoms with Gasteiger partial charge in [0.2, 0.25) is 5.89 Å². The summed E-state index contributed by atoms with van der Waals surface area (Å²) in [5, 5.41) is 7.33. The maximum absolute atomic E-state index is 13.5. The number of thioether (sulfide) groups is 1. The summed E-state index contributed by atoms with van der Waals surface area (Å²) in [7, 11) is 0. The third kappa shape index (κ3) is 2.86. The van der Waals surface area contributed by atoms with E-state index in [2.05, 4.69) is 22.4 Å². The molecule has 0 aliphatic carbocycles. The summed E-state index contributed by atoms with van der Waals surface area (Å²) in [6.45, 7) is 3.15. The second kappa shape index (κ2) is 5.93. The lowest BCUT2D eigenvalue weighted by molar-refractivity contribution is 0.317. The van der Waals surface area contributed by atoms with E-state index in [1.807, 2.05) is 6.07 Å². The molecular formula is C14H16FN3OS. The van der Waals surface area contributed by atoms with Crippen LogP contribution in [0.5, 0.6) is 0 Å². The summed E-state index contributed by atoms with van der Waals surface area (Å²) in [6.07, 6.45) is 1.12. The highest BCUT2D eigenvalue weighted by atomic mass is 32.2. The molecule has 0 saturated carbocycles. The lowest BCUT2D eigenvalue weighted by Gasteiger charge is -2.09. The third-order valence-electron chi connectivity index (χ3n) is 3.48. The maximum Gasteiger partial charge on any atom is 0.244 e. The first-order valence-electron chi connectivity index (χ1n) is 6.67. The van der Waals surface area contributed by atoms with Crippen LogP contribution in [0.4, 0.5) is 4.39 Å². The minimum Gasteiger partial charge on any atom is -0.338 e. The molecule has 2 heterocycles. The highest BCUT2D eigenvalue weighted by Crippen LogP contribution is 2.29. The topological polar surface area (TPSA) is 51.0 Å². The van der Waals surface area contributed by atoms with Crippen molar-refractivity contribution in [3.63, 3.8) is 0 Å². The van der Waals surface area contributed by atoms with Gasteiger partial charge in [0.25, 0.3) is 0 Å². The summed E-state index contributed by atoms with van der Waals surface area (Å²) in [5.74, 6) is 2.04. The Hall–Kier alpha value is -1.40. The maximum atomic E-state index is 13.5. The fourth-order valence-corrected chi connectivity index (χ4v) is 3.10. The van der Waals surface area contributed by atoms with E-state index in [0.717, 1.165) is 13.0 Å². The zero-order valence-electron chi connectivity index (χ0n) is 11.2. The molecule has 106 valence electrons. The van der Waals surface area contributed by atoms with Gasteiger partial charge in [-0.25, -0.2) is 4.39 Å². The molecule has 2 aromatic rings. The number of halogens is 1. The van der Waals surface area contributed by atoms with Crippen LogP contribution >= 0.6 is 11.8 Å². The van der Waals surface area contributed by atoms with Crippen molar-refractivity contribution in [2.24, 2.45) is 5.92 Å². The number of nitrogens with zero attached hydrogens (tertiary/aromatic N) is 2. The SMILES string of the molecule is CC1CCNC1c1nc(CSc2ccccc2F)no1. The van der Waals surface area contributed by atoms with Crippen LogP contribution in [0, 0.1) is 11.7 Å². The van der Waals surface area contributed by atoms with Gasteiger partial charge in [-0.2, -0.15) is 4.98 Å². The second-order valence-corrected chi connectivity index (χ2v) is 5.98. The van der Waals surface area contributed by atoms with Crippen LogP contribution in [-0.4, -0.2) is 16.7 Å². The third-order valence-corrected chi connectivity index (χ3v) is 4.52. The monoisotopic (exact) mass is 293 g/mol. The number of hydrogen-bond donors (Lipinski definition) is 1. The van der Waals surface area contributed by atoms with E-state index in [1.54, 1.807) is 12.1 Å². The highest BCUT2D eigenvalue weighted by molar-refractivity contribution is 7.98. The van der Waals surface area contributed by atoms with Gasteiger partial charge in [0, 0.05) is 4.90 Å². The summed E-state index contributed by atoms with van der Waals surface area (Å²) < 4.78 is 18.8. The fraction of sp³-hybridized carbons (Fsp3) is 0.429. The van der Waals surface area contributed by atoms with E-state index in [-0.39, 0.29) is 11.9 Å². The van der Waals surface area contributed by atoms with Gasteiger partial charge in [-0.05, 0) is 31.0 Å². The van der Waals surface area contributed by atoms with Crippen molar-refractivity contribution in [1.82, 2.24) is 15.5 Å². The number of rotatable bonds is 4. The van der Waals surface area contributed by atoms with E-state index in [1.165, 1.54) is 17.8 Å². The van der Waals surface area contributed by atoms with Crippen LogP contribution in [0.2, 0.25) is 0 Å². The number of nitrogens with one attached hydrogen (secondary N) is 1. The highest BCUT2D eigenvalue weighted by Gasteiger charge is 2.29. The smallest absolute Gasteiger partial charge is 0.244 e. The zero-order chi connectivity index (χ0) is 13.9. The van der Waals surface area contributed by atoms with E-state index in [0.29, 0.717) is 28.3 Å². The van der Waals surface area contributed by atoms with Gasteiger partial charge in [0.1, 0.15) is 5.82 Å². The van der Waals surface area contributed by atoms with Crippen molar-refractivity contribution in [1.29, 1.82) is 0 Å². The van der Waals surface area contributed by atoms with Crippen molar-refractivity contribution >= 4 is 11.8 Å². The van der Waals surface area contributed by atoms with Gasteiger partial charge in [0.15, 0.2) is 5.82 Å². The molecule has 1 saturated heterocycles. The van der Waals surface area contributed by atoms with Crippen LogP contribution in [0.3, 0.4) is 0 Å². The first kappa shape index (κ1) is 13.6. The van der Waals surface area contributed by atoms with Gasteiger partial charge >= 0.3 is 0 Å². The molecule has 1 aromatic carbocycles. The van der Waals surface area contributed by atoms with E-state index in [4.69, 9.17) is 4.52 Å². The van der Waals surface area contributed by atoms with Gasteiger partial charge in [-0.15, -0.1) is 11.8 Å². The van der Waals surface area contributed by atoms with Crippen LogP contribution in [0.15, 0.2) is 33.7 Å². The molecule has 2 unspecified atom stereocenters. The lowest BCUT2D eigenvalue weighted by Crippen LogP contribution is -2.16. The van der Waals surface area contributed by atoms with Gasteiger partial charge < -0.3 is 9.84 Å². The summed E-state index contributed by atoms with van der Waals surface area (Å²) in [6, 6.07) is 6.85. The Balaban J connectivity index is 1.64. The molecule has 4 nitrogen and oxygen atoms in total. The molecule has 0 radical (unpaired) electrons. The molecule has 1 fully saturated rings. The fourth-order valence-electron chi connectivity index (χ4n) is 2.32. The molecule has 0 spiro atoms. The quantitative estimate of drug-likeness (QED) is 0.877. The largest absolute Gasteiger partial charge is 0.338 e. The molecule has 0 bridgehead atoms. The number of aromatic nitrogens is 2. The van der Waals surface area contributed by atoms with Crippen LogP contribution in [0.25, 0.3) is 0 Å². The molecule has 1 aliphatic rings. The van der Waals surface area contributed by atoms with Crippen LogP contribution < -0.4 is 5.32 Å². The van der Waals surface area contributed by atoms with Crippen molar-refractivity contribution in [3.8, 4) is 0 Å². The van der Waals surface area contributed by atoms with Gasteiger partial charge in [0.05, 0.1) is 11.8 Å². The van der Waals surface area contributed by atoms with Crippen molar-refractivity contribution in [2.75, 3.05) is 6.54 Å². The molecule has 1 aromatic heterocycles. The molecule has 6 heteroatoms. The Morgan fingerprint density at radius 1 is 1.45 bits per heavy atom. The second-order valence-electron chi connectivity index (χ2n) is 4.97. The Bertz CT molecular complexity index is 589. The van der Waals surface area contributed by atoms with Crippen molar-refractivity contribution in [3.05, 3.63) is 41.8 Å². The summed E-state index contributed by atoms with van der Waals surface area (Å²) in [5.41, 5.74) is 0. The number of hydrogen-bond acceptors (Lipinski definition) is 5. The Morgan fingerprint density at radius 2 is 2.30 bits per heavy atom. The minimum atomic E-state index is -0.215. The molecule has 2 atom stereocenters. The Kier molecular flexibility index (Phi) is 4.03. The van der Waals surface area contributed by atoms with Gasteiger partial charge in [-0.1, -0.05) is 24.2 Å². The average Bonchev–Trinajstić information content (AvgIpc) is 3.06.